The van der Waals surface area contributed by atoms with Crippen LogP contribution in [0, 0.1) is 0 Å². The van der Waals surface area contributed by atoms with Crippen molar-refractivity contribution in [2.75, 3.05) is 13.2 Å². The Labute approximate surface area is 130 Å². The van der Waals surface area contributed by atoms with Crippen LogP contribution in [0.3, 0.4) is 0 Å². The molecule has 8 heteroatoms. The molecule has 0 aromatic heterocycles. The zero-order valence-electron chi connectivity index (χ0n) is 12.8. The Morgan fingerprint density at radius 2 is 1.77 bits per heavy atom. The maximum Gasteiger partial charge on any atom is 0.338 e. The molecule has 1 rings (SSSR count). The van der Waals surface area contributed by atoms with Crippen LogP contribution in [0.2, 0.25) is 0 Å². The maximum absolute atomic E-state index is 12.5. The molecule has 0 radical (unpaired) electrons. The summed E-state index contributed by atoms with van der Waals surface area (Å²) in [5, 5.41) is 0. The molecule has 0 heterocycles. The second-order valence-electron chi connectivity index (χ2n) is 4.86. The first kappa shape index (κ1) is 18.1. The maximum atomic E-state index is 12.5. The SMILES string of the molecule is CCOC(=O)c1ccc(S(=O)(=O)N(CC(N)=O)C(C)C)cc1. The van der Waals surface area contributed by atoms with E-state index < -0.39 is 34.5 Å². The minimum absolute atomic E-state index is 0.0181. The molecule has 7 nitrogen and oxygen atoms in total. The molecule has 1 aromatic carbocycles. The number of ether oxygens (including phenoxy) is 1. The van der Waals surface area contributed by atoms with E-state index in [1.807, 2.05) is 0 Å². The smallest absolute Gasteiger partial charge is 0.338 e. The first-order valence-corrected chi connectivity index (χ1v) is 8.21. The van der Waals surface area contributed by atoms with Gasteiger partial charge in [0.25, 0.3) is 0 Å². The van der Waals surface area contributed by atoms with Gasteiger partial charge >= 0.3 is 5.97 Å². The number of amides is 1. The van der Waals surface area contributed by atoms with Crippen molar-refractivity contribution in [1.29, 1.82) is 0 Å². The van der Waals surface area contributed by atoms with E-state index in [2.05, 4.69) is 0 Å². The van der Waals surface area contributed by atoms with E-state index in [0.29, 0.717) is 0 Å². The van der Waals surface area contributed by atoms with Crippen LogP contribution in [-0.4, -0.2) is 43.8 Å². The van der Waals surface area contributed by atoms with Gasteiger partial charge in [-0.05, 0) is 45.0 Å². The Morgan fingerprint density at radius 3 is 2.18 bits per heavy atom. The quantitative estimate of drug-likeness (QED) is 0.743. The molecule has 0 spiro atoms. The fourth-order valence-electron chi connectivity index (χ4n) is 1.81. The van der Waals surface area contributed by atoms with Crippen molar-refractivity contribution in [3.05, 3.63) is 29.8 Å². The van der Waals surface area contributed by atoms with Crippen LogP contribution in [0.5, 0.6) is 0 Å². The van der Waals surface area contributed by atoms with Crippen LogP contribution >= 0.6 is 0 Å². The predicted octanol–water partition coefficient (Wildman–Crippen LogP) is 0.748. The molecule has 0 saturated heterocycles. The van der Waals surface area contributed by atoms with Crippen molar-refractivity contribution in [3.8, 4) is 0 Å². The number of nitrogens with zero attached hydrogens (tertiary/aromatic N) is 1. The number of hydrogen-bond donors (Lipinski definition) is 1. The first-order valence-electron chi connectivity index (χ1n) is 6.77. The molecule has 122 valence electrons. The Balaban J connectivity index is 3.11. The molecule has 0 bridgehead atoms. The lowest BCUT2D eigenvalue weighted by Gasteiger charge is -2.24. The number of carbonyl (C=O) groups excluding carboxylic acids is 2. The number of rotatable bonds is 7. The van der Waals surface area contributed by atoms with Gasteiger partial charge in [-0.3, -0.25) is 4.79 Å². The van der Waals surface area contributed by atoms with Gasteiger partial charge in [0.05, 0.1) is 23.6 Å². The Bertz CT molecular complexity index is 638. The minimum atomic E-state index is -3.87. The topological polar surface area (TPSA) is 107 Å². The highest BCUT2D eigenvalue weighted by atomic mass is 32.2. The molecule has 22 heavy (non-hydrogen) atoms. The van der Waals surface area contributed by atoms with Crippen LogP contribution in [0.15, 0.2) is 29.2 Å². The van der Waals surface area contributed by atoms with E-state index >= 15 is 0 Å². The average Bonchev–Trinajstić information content (AvgIpc) is 2.44. The number of carbonyl (C=O) groups is 2. The number of nitrogens with two attached hydrogens (primary N) is 1. The molecule has 0 aliphatic carbocycles. The van der Waals surface area contributed by atoms with Crippen molar-refractivity contribution in [3.63, 3.8) is 0 Å². The highest BCUT2D eigenvalue weighted by Gasteiger charge is 2.28. The molecule has 0 aliphatic rings. The van der Waals surface area contributed by atoms with Crippen molar-refractivity contribution in [1.82, 2.24) is 4.31 Å². The minimum Gasteiger partial charge on any atom is -0.462 e. The van der Waals surface area contributed by atoms with Gasteiger partial charge in [0.1, 0.15) is 0 Å². The normalized spacial score (nSPS) is 11.7. The number of benzene rings is 1. The van der Waals surface area contributed by atoms with Gasteiger partial charge in [0, 0.05) is 6.04 Å². The second kappa shape index (κ2) is 7.37. The number of esters is 1. The molecule has 1 amide bonds. The van der Waals surface area contributed by atoms with E-state index in [1.54, 1.807) is 20.8 Å². The molecular formula is C14H20N2O5S. The number of primary amides is 1. The largest absolute Gasteiger partial charge is 0.462 e. The van der Waals surface area contributed by atoms with Gasteiger partial charge in [0.2, 0.25) is 15.9 Å². The first-order chi connectivity index (χ1) is 10.2. The highest BCUT2D eigenvalue weighted by Crippen LogP contribution is 2.19. The van der Waals surface area contributed by atoms with E-state index in [4.69, 9.17) is 10.5 Å². The lowest BCUT2D eigenvalue weighted by molar-refractivity contribution is -0.118. The molecule has 2 N–H and O–H groups in total. The summed E-state index contributed by atoms with van der Waals surface area (Å²) in [7, 11) is -3.87. The van der Waals surface area contributed by atoms with Gasteiger partial charge < -0.3 is 10.5 Å². The third-order valence-corrected chi connectivity index (χ3v) is 4.90. The summed E-state index contributed by atoms with van der Waals surface area (Å²) in [6.45, 7) is 4.81. The van der Waals surface area contributed by atoms with Crippen molar-refractivity contribution in [2.45, 2.75) is 31.7 Å². The number of hydrogen-bond acceptors (Lipinski definition) is 5. The predicted molar refractivity (Wildman–Crippen MR) is 80.6 cm³/mol. The van der Waals surface area contributed by atoms with Gasteiger partial charge in [-0.15, -0.1) is 0 Å². The Morgan fingerprint density at radius 1 is 1.23 bits per heavy atom. The van der Waals surface area contributed by atoms with Crippen molar-refractivity contribution in [2.24, 2.45) is 5.73 Å². The van der Waals surface area contributed by atoms with Gasteiger partial charge in [-0.2, -0.15) is 4.31 Å². The molecule has 0 saturated carbocycles. The lowest BCUT2D eigenvalue weighted by atomic mass is 10.2. The molecule has 0 atom stereocenters. The molecule has 0 aliphatic heterocycles. The summed E-state index contributed by atoms with van der Waals surface area (Å²) in [4.78, 5) is 22.6. The number of sulfonamides is 1. The molecule has 0 unspecified atom stereocenters. The van der Waals surface area contributed by atoms with E-state index in [-0.39, 0.29) is 17.1 Å². The summed E-state index contributed by atoms with van der Waals surface area (Å²) in [6.07, 6.45) is 0. The van der Waals surface area contributed by atoms with Crippen LogP contribution in [0.4, 0.5) is 0 Å². The van der Waals surface area contributed by atoms with Gasteiger partial charge in [0.15, 0.2) is 0 Å². The highest BCUT2D eigenvalue weighted by molar-refractivity contribution is 7.89. The Hall–Kier alpha value is -1.93. The fourth-order valence-corrected chi connectivity index (χ4v) is 3.41. The summed E-state index contributed by atoms with van der Waals surface area (Å²) < 4.78 is 30.9. The summed E-state index contributed by atoms with van der Waals surface area (Å²) in [6, 6.07) is 4.92. The molecular weight excluding hydrogens is 308 g/mol. The van der Waals surface area contributed by atoms with Crippen molar-refractivity contribution < 1.29 is 22.7 Å². The lowest BCUT2D eigenvalue weighted by Crippen LogP contribution is -2.42. The zero-order chi connectivity index (χ0) is 16.9. The summed E-state index contributed by atoms with van der Waals surface area (Å²) >= 11 is 0. The third kappa shape index (κ3) is 4.28. The molecule has 1 aromatic rings. The second-order valence-corrected chi connectivity index (χ2v) is 6.75. The van der Waals surface area contributed by atoms with Gasteiger partial charge in [-0.25, -0.2) is 13.2 Å². The Kier molecular flexibility index (Phi) is 6.07. The van der Waals surface area contributed by atoms with Crippen LogP contribution in [-0.2, 0) is 19.6 Å². The van der Waals surface area contributed by atoms with E-state index in [1.165, 1.54) is 24.3 Å². The standard InChI is InChI=1S/C14H20N2O5S/c1-4-21-14(18)11-5-7-12(8-6-11)22(19,20)16(10(2)3)9-13(15)17/h5-8,10H,4,9H2,1-3H3,(H2,15,17). The van der Waals surface area contributed by atoms with Crippen molar-refractivity contribution >= 4 is 21.9 Å². The molecule has 0 fully saturated rings. The van der Waals surface area contributed by atoms with Gasteiger partial charge in [-0.1, -0.05) is 0 Å². The monoisotopic (exact) mass is 328 g/mol. The zero-order valence-corrected chi connectivity index (χ0v) is 13.6. The van der Waals surface area contributed by atoms with E-state index in [9.17, 15) is 18.0 Å². The fraction of sp³-hybridized carbons (Fsp3) is 0.429. The summed E-state index contributed by atoms with van der Waals surface area (Å²) in [5.41, 5.74) is 5.35. The van der Waals surface area contributed by atoms with E-state index in [0.717, 1.165) is 4.31 Å². The van der Waals surface area contributed by atoms with Crippen LogP contribution < -0.4 is 5.73 Å². The average molecular weight is 328 g/mol. The van der Waals surface area contributed by atoms with Crippen LogP contribution in [0.25, 0.3) is 0 Å². The van der Waals surface area contributed by atoms with Crippen LogP contribution in [0.1, 0.15) is 31.1 Å². The third-order valence-electron chi connectivity index (χ3n) is 2.86. The summed E-state index contributed by atoms with van der Waals surface area (Å²) in [5.74, 6) is -1.26.